The number of likely N-dealkylation sites (N-methyl/N-ethyl adjacent to an activating group) is 1. The molecule has 160 valence electrons. The van der Waals surface area contributed by atoms with Crippen LogP contribution < -0.4 is 5.32 Å². The molecule has 0 saturated heterocycles. The van der Waals surface area contributed by atoms with Gasteiger partial charge < -0.3 is 5.32 Å². The number of benzene rings is 2. The number of fused-ring (bicyclic) bond motifs is 1. The molecule has 4 rings (SSSR count). The molecule has 0 fully saturated rings. The molecule has 2 aromatic carbocycles. The van der Waals surface area contributed by atoms with Crippen LogP contribution in [-0.4, -0.2) is 49.8 Å². The van der Waals surface area contributed by atoms with Crippen LogP contribution in [0.5, 0.6) is 0 Å². The van der Waals surface area contributed by atoms with Crippen LogP contribution in [0, 0.1) is 0 Å². The molecule has 0 spiro atoms. The van der Waals surface area contributed by atoms with Crippen molar-refractivity contribution < 1.29 is 13.2 Å². The molecule has 4 aromatic rings. The number of carbonyl (C=O) groups excluding carboxylic acids is 1. The van der Waals surface area contributed by atoms with Crippen LogP contribution >= 0.6 is 11.3 Å². The summed E-state index contributed by atoms with van der Waals surface area (Å²) in [6.45, 7) is 0. The highest BCUT2D eigenvalue weighted by molar-refractivity contribution is 7.90. The van der Waals surface area contributed by atoms with Crippen molar-refractivity contribution in [1.82, 2.24) is 15.1 Å². The van der Waals surface area contributed by atoms with E-state index in [1.165, 1.54) is 6.26 Å². The van der Waals surface area contributed by atoms with E-state index in [0.29, 0.717) is 16.9 Å². The Morgan fingerprint density at radius 1 is 1.16 bits per heavy atom. The maximum atomic E-state index is 13.0. The number of nitrogens with one attached hydrogen (secondary N) is 2. The standard InChI is InChI=1S/C22H22N4O3S2/c1-26(2)21(15-9-10-30-13-15)22(27)23-16-7-8-19-18(12-16)20(25-24-19)14-5-4-6-17(11-14)31(3,28)29/h4-13,21H,1-3H3,(H,23,27)(H,24,25). The quantitative estimate of drug-likeness (QED) is 0.460. The molecule has 1 atom stereocenters. The third kappa shape index (κ3) is 4.39. The van der Waals surface area contributed by atoms with Crippen molar-refractivity contribution in [2.24, 2.45) is 0 Å². The summed E-state index contributed by atoms with van der Waals surface area (Å²) >= 11 is 1.55. The van der Waals surface area contributed by atoms with Crippen LogP contribution in [0.4, 0.5) is 5.69 Å². The number of aromatic amines is 1. The van der Waals surface area contributed by atoms with Crippen LogP contribution in [-0.2, 0) is 14.6 Å². The molecule has 0 bridgehead atoms. The Bertz CT molecular complexity index is 1340. The molecule has 9 heteroatoms. The molecule has 2 aromatic heterocycles. The minimum Gasteiger partial charge on any atom is -0.324 e. The molecular formula is C22H22N4O3S2. The maximum absolute atomic E-state index is 13.0. The van der Waals surface area contributed by atoms with Crippen LogP contribution in [0.25, 0.3) is 22.2 Å². The topological polar surface area (TPSA) is 95.2 Å². The number of nitrogens with zero attached hydrogens (tertiary/aromatic N) is 2. The molecule has 2 N–H and O–H groups in total. The predicted molar refractivity (Wildman–Crippen MR) is 124 cm³/mol. The van der Waals surface area contributed by atoms with E-state index in [2.05, 4.69) is 15.5 Å². The number of rotatable bonds is 6. The van der Waals surface area contributed by atoms with Crippen LogP contribution in [0.3, 0.4) is 0 Å². The lowest BCUT2D eigenvalue weighted by molar-refractivity contribution is -0.120. The Kier molecular flexibility index (Phi) is 5.65. The van der Waals surface area contributed by atoms with Gasteiger partial charge in [-0.25, -0.2) is 8.42 Å². The monoisotopic (exact) mass is 454 g/mol. The van der Waals surface area contributed by atoms with Crippen LogP contribution in [0.1, 0.15) is 11.6 Å². The van der Waals surface area contributed by atoms with E-state index >= 15 is 0 Å². The number of thiophene rings is 1. The van der Waals surface area contributed by atoms with E-state index in [9.17, 15) is 13.2 Å². The van der Waals surface area contributed by atoms with Crippen molar-refractivity contribution in [1.29, 1.82) is 0 Å². The van der Waals surface area contributed by atoms with Gasteiger partial charge in [0.1, 0.15) is 11.7 Å². The first-order valence-corrected chi connectivity index (χ1v) is 12.4. The molecular weight excluding hydrogens is 432 g/mol. The SMILES string of the molecule is CN(C)C(C(=O)Nc1ccc2[nH]nc(-c3cccc(S(C)(=O)=O)c3)c2c1)c1ccsc1. The average molecular weight is 455 g/mol. The molecule has 7 nitrogen and oxygen atoms in total. The zero-order valence-corrected chi connectivity index (χ0v) is 18.9. The number of aromatic nitrogens is 2. The van der Waals surface area contributed by atoms with Crippen molar-refractivity contribution in [2.75, 3.05) is 25.7 Å². The van der Waals surface area contributed by atoms with Gasteiger partial charge in [-0.05, 0) is 66.8 Å². The molecule has 1 unspecified atom stereocenters. The van der Waals surface area contributed by atoms with Gasteiger partial charge >= 0.3 is 0 Å². The first-order chi connectivity index (χ1) is 14.7. The zero-order valence-electron chi connectivity index (χ0n) is 17.3. The van der Waals surface area contributed by atoms with Gasteiger partial charge in [0.05, 0.1) is 10.4 Å². The van der Waals surface area contributed by atoms with Crippen molar-refractivity contribution in [3.63, 3.8) is 0 Å². The van der Waals surface area contributed by atoms with Gasteiger partial charge in [0, 0.05) is 22.9 Å². The summed E-state index contributed by atoms with van der Waals surface area (Å²) < 4.78 is 23.9. The number of hydrogen-bond acceptors (Lipinski definition) is 6. The largest absolute Gasteiger partial charge is 0.324 e. The number of sulfone groups is 1. The molecule has 0 aliphatic rings. The lowest BCUT2D eigenvalue weighted by atomic mass is 10.1. The van der Waals surface area contributed by atoms with Gasteiger partial charge in [-0.3, -0.25) is 14.8 Å². The van der Waals surface area contributed by atoms with Gasteiger partial charge in [-0.1, -0.05) is 12.1 Å². The number of hydrogen-bond donors (Lipinski definition) is 2. The van der Waals surface area contributed by atoms with E-state index in [1.54, 1.807) is 29.5 Å². The lowest BCUT2D eigenvalue weighted by Gasteiger charge is -2.22. The zero-order chi connectivity index (χ0) is 22.2. The molecule has 1 amide bonds. The normalized spacial score (nSPS) is 12.9. The average Bonchev–Trinajstić information content (AvgIpc) is 3.37. The van der Waals surface area contributed by atoms with Crippen molar-refractivity contribution >= 4 is 43.7 Å². The predicted octanol–water partition coefficient (Wildman–Crippen LogP) is 3.94. The molecule has 0 aliphatic carbocycles. The van der Waals surface area contributed by atoms with Gasteiger partial charge in [-0.15, -0.1) is 0 Å². The number of amides is 1. The Labute approximate surface area is 184 Å². The smallest absolute Gasteiger partial charge is 0.246 e. The van der Waals surface area contributed by atoms with Crippen molar-refractivity contribution in [3.05, 3.63) is 64.9 Å². The second-order valence-corrected chi connectivity index (χ2v) is 10.3. The Hall–Kier alpha value is -3.01. The van der Waals surface area contributed by atoms with Crippen molar-refractivity contribution in [3.8, 4) is 11.3 Å². The van der Waals surface area contributed by atoms with Gasteiger partial charge in [-0.2, -0.15) is 16.4 Å². The van der Waals surface area contributed by atoms with Crippen LogP contribution in [0.15, 0.2) is 64.2 Å². The van der Waals surface area contributed by atoms with Gasteiger partial charge in [0.25, 0.3) is 0 Å². The minimum atomic E-state index is -3.33. The highest BCUT2D eigenvalue weighted by atomic mass is 32.2. The third-order valence-corrected chi connectivity index (χ3v) is 6.80. The maximum Gasteiger partial charge on any atom is 0.246 e. The minimum absolute atomic E-state index is 0.133. The first-order valence-electron chi connectivity index (χ1n) is 9.52. The van der Waals surface area contributed by atoms with E-state index < -0.39 is 15.9 Å². The lowest BCUT2D eigenvalue weighted by Crippen LogP contribution is -2.31. The first kappa shape index (κ1) is 21.2. The molecule has 2 heterocycles. The fraction of sp³-hybridized carbons (Fsp3) is 0.182. The second-order valence-electron chi connectivity index (χ2n) is 7.54. The van der Waals surface area contributed by atoms with E-state index in [-0.39, 0.29) is 10.8 Å². The second kappa shape index (κ2) is 8.26. The summed E-state index contributed by atoms with van der Waals surface area (Å²) in [5, 5.41) is 15.1. The fourth-order valence-electron chi connectivity index (χ4n) is 3.51. The molecule has 0 aliphatic heterocycles. The highest BCUT2D eigenvalue weighted by Crippen LogP contribution is 2.30. The van der Waals surface area contributed by atoms with Gasteiger partial charge in [0.2, 0.25) is 5.91 Å². The Morgan fingerprint density at radius 2 is 1.97 bits per heavy atom. The Balaban J connectivity index is 1.68. The summed E-state index contributed by atoms with van der Waals surface area (Å²) in [7, 11) is 0.406. The van der Waals surface area contributed by atoms with E-state index in [4.69, 9.17) is 0 Å². The summed E-state index contributed by atoms with van der Waals surface area (Å²) in [4.78, 5) is 15.1. The van der Waals surface area contributed by atoms with Gasteiger partial charge in [0.15, 0.2) is 9.84 Å². The molecule has 31 heavy (non-hydrogen) atoms. The number of H-pyrrole nitrogens is 1. The fourth-order valence-corrected chi connectivity index (χ4v) is 4.86. The van der Waals surface area contributed by atoms with E-state index in [0.717, 1.165) is 16.5 Å². The summed E-state index contributed by atoms with van der Waals surface area (Å²) in [5.74, 6) is -0.133. The molecule has 0 saturated carbocycles. The summed E-state index contributed by atoms with van der Waals surface area (Å²) in [5.41, 5.74) is 3.68. The highest BCUT2D eigenvalue weighted by Gasteiger charge is 2.23. The van der Waals surface area contributed by atoms with Crippen LogP contribution in [0.2, 0.25) is 0 Å². The Morgan fingerprint density at radius 3 is 2.65 bits per heavy atom. The number of anilines is 1. The summed E-state index contributed by atoms with van der Waals surface area (Å²) in [6.07, 6.45) is 1.18. The van der Waals surface area contributed by atoms with E-state index in [1.807, 2.05) is 60.1 Å². The third-order valence-electron chi connectivity index (χ3n) is 4.99. The summed E-state index contributed by atoms with van der Waals surface area (Å²) in [6, 6.07) is 13.7. The molecule has 0 radical (unpaired) electrons. The van der Waals surface area contributed by atoms with Crippen molar-refractivity contribution in [2.45, 2.75) is 10.9 Å². The number of carbonyl (C=O) groups is 1.